The van der Waals surface area contributed by atoms with Crippen molar-refractivity contribution in [1.29, 1.82) is 0 Å². The first kappa shape index (κ1) is 9.53. The summed E-state index contributed by atoms with van der Waals surface area (Å²) in [5, 5.41) is 0. The molecule has 84 valence electrons. The van der Waals surface area contributed by atoms with Gasteiger partial charge in [-0.2, -0.15) is 0 Å². The van der Waals surface area contributed by atoms with E-state index in [0.717, 1.165) is 37.2 Å². The van der Waals surface area contributed by atoms with E-state index in [1.807, 2.05) is 4.57 Å². The van der Waals surface area contributed by atoms with Crippen LogP contribution >= 0.6 is 0 Å². The summed E-state index contributed by atoms with van der Waals surface area (Å²) in [5.41, 5.74) is 7.38. The third kappa shape index (κ3) is 1.51. The number of fused-ring (bicyclic) bond motifs is 1. The van der Waals surface area contributed by atoms with Crippen molar-refractivity contribution in [2.75, 3.05) is 12.3 Å². The summed E-state index contributed by atoms with van der Waals surface area (Å²) in [7, 11) is 0. The van der Waals surface area contributed by atoms with Crippen molar-refractivity contribution in [3.05, 3.63) is 12.7 Å². The number of H-pyrrole nitrogens is 1. The minimum Gasteiger partial charge on any atom is -0.375 e. The van der Waals surface area contributed by atoms with E-state index in [-0.39, 0.29) is 6.10 Å². The lowest BCUT2D eigenvalue weighted by Gasteiger charge is -2.07. The molecular formula is C10H14N5O+. The minimum absolute atomic E-state index is 0.273. The van der Waals surface area contributed by atoms with E-state index in [2.05, 4.69) is 15.0 Å². The molecule has 1 saturated heterocycles. The Morgan fingerprint density at radius 3 is 3.31 bits per heavy atom. The maximum Gasteiger partial charge on any atom is 0.293 e. The largest absolute Gasteiger partial charge is 0.375 e. The number of hydrogen-bond acceptors (Lipinski definition) is 4. The van der Waals surface area contributed by atoms with Gasteiger partial charge in [0.25, 0.3) is 5.65 Å². The first-order chi connectivity index (χ1) is 7.84. The van der Waals surface area contributed by atoms with Crippen molar-refractivity contribution in [2.45, 2.75) is 25.5 Å². The van der Waals surface area contributed by atoms with Crippen LogP contribution in [0.3, 0.4) is 0 Å². The average Bonchev–Trinajstić information content (AvgIpc) is 2.92. The van der Waals surface area contributed by atoms with Crippen LogP contribution in [0.2, 0.25) is 0 Å². The molecule has 0 bridgehead atoms. The number of rotatable bonds is 2. The first-order valence-electron chi connectivity index (χ1n) is 5.43. The fraction of sp³-hybridized carbons (Fsp3) is 0.500. The van der Waals surface area contributed by atoms with Crippen LogP contribution in [0.5, 0.6) is 0 Å². The summed E-state index contributed by atoms with van der Waals surface area (Å²) in [5.74, 6) is 0.482. The molecule has 2 aromatic rings. The Hall–Kier alpha value is -1.69. The molecule has 0 radical (unpaired) electrons. The third-order valence-corrected chi connectivity index (χ3v) is 2.91. The first-order valence-corrected chi connectivity index (χ1v) is 5.43. The van der Waals surface area contributed by atoms with Crippen molar-refractivity contribution in [3.8, 4) is 0 Å². The van der Waals surface area contributed by atoms with Gasteiger partial charge in [0.15, 0.2) is 11.8 Å². The maximum absolute atomic E-state index is 5.75. The lowest BCUT2D eigenvalue weighted by molar-refractivity contribution is -0.682. The molecule has 0 aromatic carbocycles. The summed E-state index contributed by atoms with van der Waals surface area (Å²) in [6, 6.07) is 0. The molecule has 0 saturated carbocycles. The zero-order chi connectivity index (χ0) is 11.0. The second kappa shape index (κ2) is 3.71. The molecule has 1 atom stereocenters. The maximum atomic E-state index is 5.75. The molecular weight excluding hydrogens is 206 g/mol. The van der Waals surface area contributed by atoms with Gasteiger partial charge in [-0.1, -0.05) is 9.97 Å². The number of nitrogens with one attached hydrogen (secondary N) is 1. The number of nitrogens with zero attached hydrogens (tertiary/aromatic N) is 3. The van der Waals surface area contributed by atoms with Crippen molar-refractivity contribution in [2.24, 2.45) is 0 Å². The monoisotopic (exact) mass is 220 g/mol. The topological polar surface area (TPSA) is 80.7 Å². The lowest BCUT2D eigenvalue weighted by atomic mass is 10.2. The Morgan fingerprint density at radius 2 is 2.50 bits per heavy atom. The number of anilines is 1. The summed E-state index contributed by atoms with van der Waals surface area (Å²) in [4.78, 5) is 11.4. The van der Waals surface area contributed by atoms with Crippen LogP contribution in [0.1, 0.15) is 12.8 Å². The highest BCUT2D eigenvalue weighted by molar-refractivity contribution is 5.78. The molecule has 1 fully saturated rings. The van der Waals surface area contributed by atoms with E-state index in [1.165, 1.54) is 0 Å². The summed E-state index contributed by atoms with van der Waals surface area (Å²) < 4.78 is 7.58. The Morgan fingerprint density at radius 1 is 1.56 bits per heavy atom. The van der Waals surface area contributed by atoms with Crippen LogP contribution in [-0.2, 0) is 11.3 Å². The predicted molar refractivity (Wildman–Crippen MR) is 57.5 cm³/mol. The zero-order valence-corrected chi connectivity index (χ0v) is 8.89. The fourth-order valence-corrected chi connectivity index (χ4v) is 2.09. The zero-order valence-electron chi connectivity index (χ0n) is 8.89. The fourth-order valence-electron chi connectivity index (χ4n) is 2.09. The normalized spacial score (nSPS) is 20.6. The molecule has 0 unspecified atom stereocenters. The van der Waals surface area contributed by atoms with Crippen LogP contribution in [0.4, 0.5) is 5.82 Å². The SMILES string of the molecule is Nc1nc[n+](C[C@H]2CCCO2)c2nc[nH]c12. The highest BCUT2D eigenvalue weighted by Gasteiger charge is 2.21. The predicted octanol–water partition coefficient (Wildman–Crippen LogP) is 0.00660. The van der Waals surface area contributed by atoms with Gasteiger partial charge in [0.05, 0.1) is 12.6 Å². The number of hydrogen-bond donors (Lipinski definition) is 2. The van der Waals surface area contributed by atoms with E-state index in [1.54, 1.807) is 12.7 Å². The van der Waals surface area contributed by atoms with Crippen molar-refractivity contribution >= 4 is 17.0 Å². The van der Waals surface area contributed by atoms with Crippen molar-refractivity contribution < 1.29 is 9.30 Å². The Balaban J connectivity index is 1.96. The van der Waals surface area contributed by atoms with Gasteiger partial charge in [0, 0.05) is 6.61 Å². The molecule has 0 amide bonds. The summed E-state index contributed by atoms with van der Waals surface area (Å²) in [6.45, 7) is 1.64. The molecule has 0 aliphatic carbocycles. The smallest absolute Gasteiger partial charge is 0.293 e. The number of nitrogen functional groups attached to an aromatic ring is 1. The number of ether oxygens (including phenoxy) is 1. The van der Waals surface area contributed by atoms with Gasteiger partial charge in [0.1, 0.15) is 0 Å². The molecule has 0 spiro atoms. The number of nitrogens with two attached hydrogens (primary N) is 1. The summed E-state index contributed by atoms with van der Waals surface area (Å²) in [6.07, 6.45) is 5.87. The van der Waals surface area contributed by atoms with Gasteiger partial charge < -0.3 is 15.5 Å². The molecule has 6 nitrogen and oxygen atoms in total. The standard InChI is InChI=1S/C10H13N5O/c11-9-8-10(13-5-12-8)15(6-14-9)4-7-2-1-3-16-7/h5-7H,1-4H2,(H2,11,12,13)/p+1/t7-/m1/s1. The van der Waals surface area contributed by atoms with Crippen LogP contribution in [0.15, 0.2) is 12.7 Å². The van der Waals surface area contributed by atoms with E-state index in [9.17, 15) is 0 Å². The number of imidazole rings is 1. The van der Waals surface area contributed by atoms with Crippen LogP contribution < -0.4 is 10.3 Å². The quantitative estimate of drug-likeness (QED) is 0.698. The highest BCUT2D eigenvalue weighted by atomic mass is 16.5. The van der Waals surface area contributed by atoms with E-state index >= 15 is 0 Å². The highest BCUT2D eigenvalue weighted by Crippen LogP contribution is 2.14. The second-order valence-electron chi connectivity index (χ2n) is 4.02. The molecule has 2 aromatic heterocycles. The Kier molecular flexibility index (Phi) is 2.21. The Bertz CT molecular complexity index is 503. The Labute approximate surface area is 92.5 Å². The minimum atomic E-state index is 0.273. The third-order valence-electron chi connectivity index (χ3n) is 2.91. The molecule has 3 heterocycles. The van der Waals surface area contributed by atoms with Gasteiger partial charge in [-0.25, -0.2) is 4.57 Å². The number of aromatic amines is 1. The van der Waals surface area contributed by atoms with E-state index < -0.39 is 0 Å². The molecule has 1 aliphatic rings. The van der Waals surface area contributed by atoms with E-state index in [0.29, 0.717) is 5.82 Å². The molecule has 3 N–H and O–H groups in total. The van der Waals surface area contributed by atoms with Crippen LogP contribution in [0, 0.1) is 0 Å². The second-order valence-corrected chi connectivity index (χ2v) is 4.02. The molecule has 1 aliphatic heterocycles. The van der Waals surface area contributed by atoms with Gasteiger partial charge in [-0.15, -0.1) is 0 Å². The molecule has 3 rings (SSSR count). The van der Waals surface area contributed by atoms with Gasteiger partial charge >= 0.3 is 0 Å². The van der Waals surface area contributed by atoms with Crippen molar-refractivity contribution in [1.82, 2.24) is 15.0 Å². The summed E-state index contributed by atoms with van der Waals surface area (Å²) >= 11 is 0. The van der Waals surface area contributed by atoms with Gasteiger partial charge in [0.2, 0.25) is 12.1 Å². The van der Waals surface area contributed by atoms with Gasteiger partial charge in [-0.05, 0) is 12.8 Å². The van der Waals surface area contributed by atoms with Crippen LogP contribution in [-0.4, -0.2) is 27.7 Å². The molecule has 6 heteroatoms. The van der Waals surface area contributed by atoms with Crippen molar-refractivity contribution in [3.63, 3.8) is 0 Å². The van der Waals surface area contributed by atoms with E-state index in [4.69, 9.17) is 10.5 Å². The van der Waals surface area contributed by atoms with Gasteiger partial charge in [-0.3, -0.25) is 0 Å². The van der Waals surface area contributed by atoms with Crippen LogP contribution in [0.25, 0.3) is 11.2 Å². The lowest BCUT2D eigenvalue weighted by Crippen LogP contribution is -2.41. The molecule has 16 heavy (non-hydrogen) atoms. The average molecular weight is 220 g/mol. The number of aromatic nitrogens is 4.